The summed E-state index contributed by atoms with van der Waals surface area (Å²) in [6, 6.07) is -1.20. The number of aliphatic hydroxyl groups is 4. The molecule has 140 valence electrons. The SMILES string of the molecule is CO[C@@]1(C(=O)O)C[C@H](O)[C@@H](NC(=O)C(C)C)[C@H]([C@H](O)[C@H](O)CO)O1. The molecule has 1 amide bonds. The van der Waals surface area contributed by atoms with Crippen LogP contribution >= 0.6 is 0 Å². The van der Waals surface area contributed by atoms with Crippen molar-refractivity contribution in [2.75, 3.05) is 13.7 Å². The molecule has 6 N–H and O–H groups in total. The van der Waals surface area contributed by atoms with Gasteiger partial charge in [0.2, 0.25) is 5.91 Å². The van der Waals surface area contributed by atoms with E-state index >= 15 is 0 Å². The molecule has 1 fully saturated rings. The molecule has 1 aliphatic heterocycles. The zero-order chi connectivity index (χ0) is 18.7. The van der Waals surface area contributed by atoms with E-state index in [1.54, 1.807) is 13.8 Å². The molecule has 0 radical (unpaired) electrons. The van der Waals surface area contributed by atoms with E-state index in [1.165, 1.54) is 0 Å². The van der Waals surface area contributed by atoms with E-state index in [-0.39, 0.29) is 0 Å². The Balaban J connectivity index is 3.16. The van der Waals surface area contributed by atoms with Crippen LogP contribution in [0.4, 0.5) is 0 Å². The lowest BCUT2D eigenvalue weighted by molar-refractivity contribution is -0.303. The molecule has 10 heteroatoms. The fourth-order valence-electron chi connectivity index (χ4n) is 2.44. The standard InChI is InChI=1S/C14H25NO9/c1-6(2)12(20)15-9-7(17)4-14(23-3,13(21)22)24-11(9)10(19)8(18)5-16/h6-11,16-19H,4-5H2,1-3H3,(H,15,20)(H,21,22)/t7-,8+,9+,10+,11+,14-/m0/s1. The number of amides is 1. The maximum atomic E-state index is 11.9. The Hall–Kier alpha value is -1.30. The van der Waals surface area contributed by atoms with Gasteiger partial charge in [-0.3, -0.25) is 4.79 Å². The summed E-state index contributed by atoms with van der Waals surface area (Å²) in [6.45, 7) is 2.39. The Morgan fingerprint density at radius 2 is 1.96 bits per heavy atom. The minimum absolute atomic E-state index is 0.439. The average Bonchev–Trinajstić information content (AvgIpc) is 2.54. The van der Waals surface area contributed by atoms with E-state index in [1.807, 2.05) is 0 Å². The molecule has 0 unspecified atom stereocenters. The zero-order valence-electron chi connectivity index (χ0n) is 13.7. The third-order valence-corrected chi connectivity index (χ3v) is 3.98. The molecule has 1 aliphatic rings. The van der Waals surface area contributed by atoms with Crippen LogP contribution in [0.5, 0.6) is 0 Å². The van der Waals surface area contributed by atoms with Gasteiger partial charge in [0.15, 0.2) is 0 Å². The van der Waals surface area contributed by atoms with Gasteiger partial charge >= 0.3 is 5.97 Å². The minimum Gasteiger partial charge on any atom is -0.477 e. The quantitative estimate of drug-likeness (QED) is 0.289. The maximum Gasteiger partial charge on any atom is 0.364 e. The largest absolute Gasteiger partial charge is 0.477 e. The van der Waals surface area contributed by atoms with Crippen LogP contribution in [-0.2, 0) is 19.1 Å². The predicted octanol–water partition coefficient (Wildman–Crippen LogP) is -2.58. The number of methoxy groups -OCH3 is 1. The van der Waals surface area contributed by atoms with E-state index < -0.39 is 67.1 Å². The van der Waals surface area contributed by atoms with Gasteiger partial charge in [0, 0.05) is 19.4 Å². The van der Waals surface area contributed by atoms with Gasteiger partial charge in [-0.25, -0.2) is 4.79 Å². The first-order chi connectivity index (χ1) is 11.1. The lowest BCUT2D eigenvalue weighted by atomic mass is 9.88. The van der Waals surface area contributed by atoms with Crippen molar-refractivity contribution in [2.24, 2.45) is 5.92 Å². The van der Waals surface area contributed by atoms with Crippen LogP contribution in [0, 0.1) is 5.92 Å². The van der Waals surface area contributed by atoms with Crippen LogP contribution in [0.25, 0.3) is 0 Å². The second-order valence-electron chi connectivity index (χ2n) is 6.05. The van der Waals surface area contributed by atoms with Crippen LogP contribution < -0.4 is 5.32 Å². The number of carboxylic acid groups (broad SMARTS) is 1. The van der Waals surface area contributed by atoms with Crippen LogP contribution in [-0.4, -0.2) is 87.4 Å². The molecule has 0 bridgehead atoms. The van der Waals surface area contributed by atoms with Crippen molar-refractivity contribution >= 4 is 11.9 Å². The number of hydrogen-bond acceptors (Lipinski definition) is 8. The van der Waals surface area contributed by atoms with E-state index in [0.29, 0.717) is 0 Å². The number of carboxylic acids is 1. The summed E-state index contributed by atoms with van der Waals surface area (Å²) in [6.07, 6.45) is -6.88. The summed E-state index contributed by atoms with van der Waals surface area (Å²) < 4.78 is 10.2. The molecular formula is C14H25NO9. The highest BCUT2D eigenvalue weighted by Gasteiger charge is 2.55. The average molecular weight is 351 g/mol. The number of carbonyl (C=O) groups excluding carboxylic acids is 1. The predicted molar refractivity (Wildman–Crippen MR) is 78.7 cm³/mol. The monoisotopic (exact) mass is 351 g/mol. The molecule has 0 aliphatic carbocycles. The first-order valence-corrected chi connectivity index (χ1v) is 7.51. The van der Waals surface area contributed by atoms with Crippen molar-refractivity contribution in [1.82, 2.24) is 5.32 Å². The fraction of sp³-hybridized carbons (Fsp3) is 0.857. The summed E-state index contributed by atoms with van der Waals surface area (Å²) in [5.74, 6) is -4.68. The number of carbonyl (C=O) groups is 2. The number of ether oxygens (including phenoxy) is 2. The van der Waals surface area contributed by atoms with E-state index in [4.69, 9.17) is 14.6 Å². The normalized spacial score (nSPS) is 33.1. The van der Waals surface area contributed by atoms with Crippen molar-refractivity contribution in [1.29, 1.82) is 0 Å². The van der Waals surface area contributed by atoms with Crippen molar-refractivity contribution in [3.05, 3.63) is 0 Å². The van der Waals surface area contributed by atoms with Crippen molar-refractivity contribution < 1.29 is 44.6 Å². The molecule has 0 aromatic rings. The number of nitrogens with one attached hydrogen (secondary N) is 1. The Bertz CT molecular complexity index is 458. The van der Waals surface area contributed by atoms with E-state index in [9.17, 15) is 30.0 Å². The highest BCUT2D eigenvalue weighted by atomic mass is 16.7. The molecular weight excluding hydrogens is 326 g/mol. The van der Waals surface area contributed by atoms with Gasteiger partial charge in [-0.2, -0.15) is 0 Å². The van der Waals surface area contributed by atoms with Gasteiger partial charge in [-0.1, -0.05) is 13.8 Å². The topological polar surface area (TPSA) is 166 Å². The Kier molecular flexibility index (Phi) is 7.08. The third kappa shape index (κ3) is 4.21. The van der Waals surface area contributed by atoms with Crippen molar-refractivity contribution in [3.63, 3.8) is 0 Å². The van der Waals surface area contributed by atoms with Gasteiger partial charge in [0.05, 0.1) is 18.8 Å². The molecule has 1 heterocycles. The molecule has 1 saturated heterocycles. The third-order valence-electron chi connectivity index (χ3n) is 3.98. The Morgan fingerprint density at radius 3 is 2.38 bits per heavy atom. The smallest absolute Gasteiger partial charge is 0.364 e. The number of aliphatic carboxylic acids is 1. The van der Waals surface area contributed by atoms with Crippen molar-refractivity contribution in [2.45, 2.75) is 56.5 Å². The first-order valence-electron chi connectivity index (χ1n) is 7.51. The molecule has 0 aromatic heterocycles. The van der Waals surface area contributed by atoms with E-state index in [0.717, 1.165) is 7.11 Å². The maximum absolute atomic E-state index is 11.9. The first kappa shape index (κ1) is 20.7. The second-order valence-corrected chi connectivity index (χ2v) is 6.05. The molecule has 24 heavy (non-hydrogen) atoms. The highest BCUT2D eigenvalue weighted by molar-refractivity contribution is 5.79. The highest BCUT2D eigenvalue weighted by Crippen LogP contribution is 2.33. The van der Waals surface area contributed by atoms with Gasteiger partial charge in [-0.15, -0.1) is 0 Å². The summed E-state index contributed by atoms with van der Waals surface area (Å²) in [5, 5.41) is 50.9. The number of aliphatic hydroxyl groups excluding tert-OH is 4. The summed E-state index contributed by atoms with van der Waals surface area (Å²) in [4.78, 5) is 23.4. The van der Waals surface area contributed by atoms with Crippen molar-refractivity contribution in [3.8, 4) is 0 Å². The second kappa shape index (κ2) is 8.19. The van der Waals surface area contributed by atoms with Gasteiger partial charge in [-0.05, 0) is 0 Å². The summed E-state index contributed by atoms with van der Waals surface area (Å²) >= 11 is 0. The van der Waals surface area contributed by atoms with Crippen LogP contribution in [0.3, 0.4) is 0 Å². The Labute approximate surface area is 139 Å². The fourth-order valence-corrected chi connectivity index (χ4v) is 2.44. The molecule has 0 saturated carbocycles. The minimum atomic E-state index is -2.25. The van der Waals surface area contributed by atoms with Gasteiger partial charge in [0.1, 0.15) is 18.3 Å². The molecule has 1 rings (SSSR count). The molecule has 0 aromatic carbocycles. The van der Waals surface area contributed by atoms with Crippen LogP contribution in [0.2, 0.25) is 0 Å². The van der Waals surface area contributed by atoms with E-state index in [2.05, 4.69) is 5.32 Å². The summed E-state index contributed by atoms with van der Waals surface area (Å²) in [7, 11) is 1.06. The number of hydrogen-bond donors (Lipinski definition) is 6. The lowest BCUT2D eigenvalue weighted by Gasteiger charge is -2.46. The molecule has 0 spiro atoms. The van der Waals surface area contributed by atoms with Crippen LogP contribution in [0.1, 0.15) is 20.3 Å². The summed E-state index contributed by atoms with van der Waals surface area (Å²) in [5.41, 5.74) is 0. The molecule has 6 atom stereocenters. The zero-order valence-corrected chi connectivity index (χ0v) is 13.7. The van der Waals surface area contributed by atoms with Gasteiger partial charge in [0.25, 0.3) is 5.79 Å². The number of rotatable bonds is 7. The Morgan fingerprint density at radius 1 is 1.38 bits per heavy atom. The van der Waals surface area contributed by atoms with Gasteiger partial charge < -0.3 is 40.3 Å². The van der Waals surface area contributed by atoms with Crippen LogP contribution in [0.15, 0.2) is 0 Å². The lowest BCUT2D eigenvalue weighted by Crippen LogP contribution is -2.68. The molecule has 10 nitrogen and oxygen atoms in total.